The first-order chi connectivity index (χ1) is 14.9. The van der Waals surface area contributed by atoms with Crippen LogP contribution in [0, 0.1) is 0 Å². The van der Waals surface area contributed by atoms with Gasteiger partial charge in [0.25, 0.3) is 5.91 Å². The van der Waals surface area contributed by atoms with Crippen LogP contribution >= 0.6 is 11.3 Å². The maximum absolute atomic E-state index is 12.8. The number of methoxy groups -OCH3 is 2. The van der Waals surface area contributed by atoms with E-state index in [9.17, 15) is 13.2 Å². The van der Waals surface area contributed by atoms with Crippen LogP contribution in [-0.2, 0) is 21.4 Å². The fraction of sp³-hybridized carbons (Fsp3) is 0.227. The average molecular weight is 462 g/mol. The minimum absolute atomic E-state index is 0.0216. The van der Waals surface area contributed by atoms with E-state index < -0.39 is 10.1 Å². The zero-order chi connectivity index (χ0) is 22.3. The van der Waals surface area contributed by atoms with Crippen molar-refractivity contribution < 1.29 is 26.9 Å². The Morgan fingerprint density at radius 1 is 1.00 bits per heavy atom. The first-order valence-corrected chi connectivity index (χ1v) is 11.7. The molecule has 3 aromatic rings. The lowest BCUT2D eigenvalue weighted by molar-refractivity contribution is 0.0685. The van der Waals surface area contributed by atoms with Crippen molar-refractivity contribution in [3.05, 3.63) is 76.5 Å². The molecule has 0 bridgehead atoms. The van der Waals surface area contributed by atoms with Gasteiger partial charge >= 0.3 is 10.1 Å². The van der Waals surface area contributed by atoms with Crippen LogP contribution in [0.1, 0.15) is 15.2 Å². The van der Waals surface area contributed by atoms with E-state index in [4.69, 9.17) is 13.7 Å². The molecular formula is C22H23NO6S2. The van der Waals surface area contributed by atoms with Crippen LogP contribution < -0.4 is 8.92 Å². The van der Waals surface area contributed by atoms with Crippen LogP contribution in [0.3, 0.4) is 0 Å². The third kappa shape index (κ3) is 6.06. The molecule has 31 heavy (non-hydrogen) atoms. The summed E-state index contributed by atoms with van der Waals surface area (Å²) in [5, 5.41) is 1.85. The summed E-state index contributed by atoms with van der Waals surface area (Å²) in [5.74, 6) is 0.611. The Balaban J connectivity index is 1.76. The van der Waals surface area contributed by atoms with E-state index in [2.05, 4.69) is 0 Å². The number of carbonyl (C=O) groups excluding carboxylic acids is 1. The van der Waals surface area contributed by atoms with Crippen LogP contribution in [0.15, 0.2) is 70.9 Å². The van der Waals surface area contributed by atoms with Crippen molar-refractivity contribution in [2.75, 3.05) is 27.4 Å². The molecule has 164 valence electrons. The second-order valence-electron chi connectivity index (χ2n) is 6.56. The normalized spacial score (nSPS) is 11.2. The molecule has 0 spiro atoms. The third-order valence-corrected chi connectivity index (χ3v) is 6.53. The molecule has 3 rings (SSSR count). The Hall–Kier alpha value is -2.88. The van der Waals surface area contributed by atoms with Gasteiger partial charge in [-0.25, -0.2) is 0 Å². The highest BCUT2D eigenvalue weighted by molar-refractivity contribution is 7.87. The van der Waals surface area contributed by atoms with Crippen molar-refractivity contribution in [1.29, 1.82) is 0 Å². The lowest BCUT2D eigenvalue weighted by Crippen LogP contribution is -2.33. The molecule has 1 heterocycles. The molecule has 2 aromatic carbocycles. The van der Waals surface area contributed by atoms with Gasteiger partial charge in [-0.05, 0) is 53.4 Å². The molecule has 0 N–H and O–H groups in total. The standard InChI is InChI=1S/C22H23NO6S2/c1-27-13-12-23(22(24)21-7-4-14-30-21)16-17-5-3-6-19(15-17)29-31(25,26)20-10-8-18(28-2)9-11-20/h3-11,14-15H,12-13,16H2,1-2H3. The van der Waals surface area contributed by atoms with Crippen molar-refractivity contribution in [2.24, 2.45) is 0 Å². The SMILES string of the molecule is COCCN(Cc1cccc(OS(=O)(=O)c2ccc(OC)cc2)c1)C(=O)c1cccs1. The van der Waals surface area contributed by atoms with Crippen molar-refractivity contribution in [3.8, 4) is 11.5 Å². The summed E-state index contributed by atoms with van der Waals surface area (Å²) in [7, 11) is -0.924. The predicted molar refractivity (Wildman–Crippen MR) is 118 cm³/mol. The fourth-order valence-corrected chi connectivity index (χ4v) is 4.46. The lowest BCUT2D eigenvalue weighted by Gasteiger charge is -2.22. The fourth-order valence-electron chi connectivity index (χ4n) is 2.84. The average Bonchev–Trinajstić information content (AvgIpc) is 3.31. The number of hydrogen-bond acceptors (Lipinski definition) is 7. The van der Waals surface area contributed by atoms with Crippen molar-refractivity contribution >= 4 is 27.4 Å². The molecule has 1 aromatic heterocycles. The van der Waals surface area contributed by atoms with E-state index in [1.807, 2.05) is 17.5 Å². The number of carbonyl (C=O) groups is 1. The second-order valence-corrected chi connectivity index (χ2v) is 9.05. The van der Waals surface area contributed by atoms with Gasteiger partial charge in [-0.2, -0.15) is 8.42 Å². The van der Waals surface area contributed by atoms with Crippen LogP contribution in [-0.4, -0.2) is 46.6 Å². The molecule has 0 saturated heterocycles. The van der Waals surface area contributed by atoms with Gasteiger partial charge in [0.2, 0.25) is 0 Å². The maximum atomic E-state index is 12.8. The van der Waals surface area contributed by atoms with Gasteiger partial charge < -0.3 is 18.6 Å². The van der Waals surface area contributed by atoms with Crippen LogP contribution in [0.2, 0.25) is 0 Å². The van der Waals surface area contributed by atoms with Gasteiger partial charge in [0, 0.05) is 20.2 Å². The van der Waals surface area contributed by atoms with Crippen molar-refractivity contribution in [3.63, 3.8) is 0 Å². The number of amides is 1. The maximum Gasteiger partial charge on any atom is 0.339 e. The topological polar surface area (TPSA) is 82.1 Å². The van der Waals surface area contributed by atoms with Crippen LogP contribution in [0.5, 0.6) is 11.5 Å². The molecule has 0 aliphatic rings. The van der Waals surface area contributed by atoms with Gasteiger partial charge in [-0.1, -0.05) is 18.2 Å². The Morgan fingerprint density at radius 2 is 1.77 bits per heavy atom. The first-order valence-electron chi connectivity index (χ1n) is 9.42. The Labute approximate surface area is 185 Å². The highest BCUT2D eigenvalue weighted by Crippen LogP contribution is 2.23. The van der Waals surface area contributed by atoms with Gasteiger partial charge in [0.1, 0.15) is 16.4 Å². The van der Waals surface area contributed by atoms with Crippen LogP contribution in [0.4, 0.5) is 0 Å². The number of benzene rings is 2. The summed E-state index contributed by atoms with van der Waals surface area (Å²) in [6, 6.07) is 16.2. The van der Waals surface area contributed by atoms with E-state index in [0.717, 1.165) is 5.56 Å². The minimum Gasteiger partial charge on any atom is -0.497 e. The number of ether oxygens (including phenoxy) is 2. The molecule has 0 fully saturated rings. The molecule has 1 amide bonds. The smallest absolute Gasteiger partial charge is 0.339 e. The lowest BCUT2D eigenvalue weighted by atomic mass is 10.2. The molecule has 9 heteroatoms. The van der Waals surface area contributed by atoms with Gasteiger partial charge in [0.15, 0.2) is 0 Å². The Kier molecular flexibility index (Phi) is 7.67. The summed E-state index contributed by atoms with van der Waals surface area (Å²) in [6.45, 7) is 1.08. The third-order valence-electron chi connectivity index (χ3n) is 4.41. The quantitative estimate of drug-likeness (QED) is 0.427. The predicted octanol–water partition coefficient (Wildman–Crippen LogP) is 3.81. The molecule has 0 unspecified atom stereocenters. The summed E-state index contributed by atoms with van der Waals surface area (Å²) in [4.78, 5) is 15.1. The van der Waals surface area contributed by atoms with Crippen molar-refractivity contribution in [1.82, 2.24) is 4.90 Å². The number of rotatable bonds is 10. The second kappa shape index (κ2) is 10.4. The molecule has 0 aliphatic heterocycles. The zero-order valence-corrected chi connectivity index (χ0v) is 18.8. The molecule has 0 radical (unpaired) electrons. The summed E-state index contributed by atoms with van der Waals surface area (Å²) < 4.78 is 40.7. The Bertz CT molecular complexity index is 1100. The molecule has 0 aliphatic carbocycles. The molecule has 7 nitrogen and oxygen atoms in total. The summed E-state index contributed by atoms with van der Waals surface area (Å²) >= 11 is 1.37. The van der Waals surface area contributed by atoms with E-state index in [0.29, 0.717) is 30.3 Å². The highest BCUT2D eigenvalue weighted by atomic mass is 32.2. The van der Waals surface area contributed by atoms with E-state index in [1.165, 1.54) is 30.6 Å². The highest BCUT2D eigenvalue weighted by Gasteiger charge is 2.19. The van der Waals surface area contributed by atoms with Gasteiger partial charge in [-0.3, -0.25) is 4.79 Å². The van der Waals surface area contributed by atoms with E-state index >= 15 is 0 Å². The van der Waals surface area contributed by atoms with Gasteiger partial charge in [0.05, 0.1) is 18.6 Å². The van der Waals surface area contributed by atoms with E-state index in [-0.39, 0.29) is 16.6 Å². The number of hydrogen-bond donors (Lipinski definition) is 0. The Morgan fingerprint density at radius 3 is 2.42 bits per heavy atom. The van der Waals surface area contributed by atoms with E-state index in [1.54, 1.807) is 48.4 Å². The zero-order valence-electron chi connectivity index (χ0n) is 17.2. The van der Waals surface area contributed by atoms with Crippen molar-refractivity contribution in [2.45, 2.75) is 11.4 Å². The van der Waals surface area contributed by atoms with Crippen LogP contribution in [0.25, 0.3) is 0 Å². The summed E-state index contributed by atoms with van der Waals surface area (Å²) in [6.07, 6.45) is 0. The summed E-state index contributed by atoms with van der Waals surface area (Å²) in [5.41, 5.74) is 0.739. The first kappa shape index (κ1) is 22.8. The number of thiophene rings is 1. The molecule has 0 atom stereocenters. The monoisotopic (exact) mass is 461 g/mol. The largest absolute Gasteiger partial charge is 0.497 e. The molecular weight excluding hydrogens is 438 g/mol. The minimum atomic E-state index is -4.00. The van der Waals surface area contributed by atoms with Gasteiger partial charge in [-0.15, -0.1) is 11.3 Å². The molecule has 0 saturated carbocycles. The number of nitrogens with zero attached hydrogens (tertiary/aromatic N) is 1.